The first-order chi connectivity index (χ1) is 14.4. The van der Waals surface area contributed by atoms with Gasteiger partial charge in [0.05, 0.1) is 11.7 Å². The second kappa shape index (κ2) is 8.01. The van der Waals surface area contributed by atoms with Gasteiger partial charge in [-0.1, -0.05) is 12.8 Å². The number of hydrogen-bond acceptors (Lipinski definition) is 5. The Morgan fingerprint density at radius 3 is 2.33 bits per heavy atom. The van der Waals surface area contributed by atoms with E-state index in [-0.39, 0.29) is 23.5 Å². The molecule has 4 rings (SSSR count). The molecule has 30 heavy (non-hydrogen) atoms. The smallest absolute Gasteiger partial charge is 0.296 e. The predicted molar refractivity (Wildman–Crippen MR) is 112 cm³/mol. The summed E-state index contributed by atoms with van der Waals surface area (Å²) >= 11 is 0. The van der Waals surface area contributed by atoms with Crippen LogP contribution in [0, 0.1) is 6.92 Å². The van der Waals surface area contributed by atoms with E-state index in [0.717, 1.165) is 25.7 Å². The van der Waals surface area contributed by atoms with Crippen molar-refractivity contribution < 1.29 is 23.8 Å². The van der Waals surface area contributed by atoms with E-state index in [1.165, 1.54) is 0 Å². The van der Waals surface area contributed by atoms with Crippen LogP contribution in [0.5, 0.6) is 5.75 Å². The minimum absolute atomic E-state index is 0.0241. The summed E-state index contributed by atoms with van der Waals surface area (Å²) in [6, 6.07) is 9.73. The Morgan fingerprint density at radius 2 is 1.77 bits per heavy atom. The van der Waals surface area contributed by atoms with E-state index >= 15 is 0 Å². The van der Waals surface area contributed by atoms with Crippen LogP contribution in [0.2, 0.25) is 0 Å². The van der Waals surface area contributed by atoms with Gasteiger partial charge in [-0.05, 0) is 70.0 Å². The van der Waals surface area contributed by atoms with Crippen LogP contribution in [0.1, 0.15) is 62.7 Å². The van der Waals surface area contributed by atoms with Gasteiger partial charge in [0.1, 0.15) is 29.1 Å². The Morgan fingerprint density at radius 1 is 1.10 bits per heavy atom. The van der Waals surface area contributed by atoms with Crippen molar-refractivity contribution in [2.75, 3.05) is 0 Å². The number of ether oxygens (including phenoxy) is 1. The average Bonchev–Trinajstić information content (AvgIpc) is 3.43. The fraction of sp³-hybridized carbons (Fsp3) is 0.417. The Labute approximate surface area is 176 Å². The third kappa shape index (κ3) is 3.62. The lowest BCUT2D eigenvalue weighted by atomic mass is 9.98. The molecule has 1 saturated heterocycles. The lowest BCUT2D eigenvalue weighted by Gasteiger charge is -2.29. The van der Waals surface area contributed by atoms with Crippen molar-refractivity contribution >= 4 is 17.4 Å². The topological polar surface area (TPSA) is 80.0 Å². The average molecular weight is 409 g/mol. The first kappa shape index (κ1) is 20.3. The Balaban J connectivity index is 1.78. The maximum atomic E-state index is 13.0. The summed E-state index contributed by atoms with van der Waals surface area (Å²) in [7, 11) is 0. The quantitative estimate of drug-likeness (QED) is 0.438. The highest BCUT2D eigenvalue weighted by Crippen LogP contribution is 2.43. The summed E-state index contributed by atoms with van der Waals surface area (Å²) in [6.07, 6.45) is 3.78. The fourth-order valence-corrected chi connectivity index (χ4v) is 4.41. The molecule has 6 nitrogen and oxygen atoms in total. The van der Waals surface area contributed by atoms with Crippen molar-refractivity contribution in [1.29, 1.82) is 0 Å². The summed E-state index contributed by atoms with van der Waals surface area (Å²) in [5.41, 5.74) is 0.544. The SMILES string of the molecule is Cc1ccc(C2/C(=C(/O)c3ccc(OC(C)C)cc3)C(=O)C(=O)N2C2CCCC2)o1. The number of nitrogens with zero attached hydrogens (tertiary/aromatic N) is 1. The lowest BCUT2D eigenvalue weighted by Crippen LogP contribution is -2.37. The number of aliphatic hydroxyl groups is 1. The Hall–Kier alpha value is -3.02. The molecule has 6 heteroatoms. The maximum Gasteiger partial charge on any atom is 0.296 e. The van der Waals surface area contributed by atoms with E-state index in [2.05, 4.69) is 0 Å². The summed E-state index contributed by atoms with van der Waals surface area (Å²) in [4.78, 5) is 27.6. The molecule has 1 unspecified atom stereocenters. The number of ketones is 1. The van der Waals surface area contributed by atoms with Crippen LogP contribution >= 0.6 is 0 Å². The number of carbonyl (C=O) groups excluding carboxylic acids is 2. The third-order valence-electron chi connectivity index (χ3n) is 5.73. The van der Waals surface area contributed by atoms with Crippen molar-refractivity contribution in [3.8, 4) is 5.75 Å². The van der Waals surface area contributed by atoms with E-state index in [1.807, 2.05) is 26.8 Å². The molecule has 0 bridgehead atoms. The molecular weight excluding hydrogens is 382 g/mol. The van der Waals surface area contributed by atoms with Gasteiger partial charge in [0.25, 0.3) is 11.7 Å². The Kier molecular flexibility index (Phi) is 5.41. The summed E-state index contributed by atoms with van der Waals surface area (Å²) in [5, 5.41) is 11.1. The molecule has 2 aromatic rings. The van der Waals surface area contributed by atoms with Crippen molar-refractivity contribution in [3.63, 3.8) is 0 Å². The zero-order chi connectivity index (χ0) is 21.4. The van der Waals surface area contributed by atoms with Crippen molar-refractivity contribution in [2.45, 2.75) is 64.6 Å². The molecule has 1 aliphatic heterocycles. The van der Waals surface area contributed by atoms with Crippen LogP contribution in [-0.4, -0.2) is 33.8 Å². The van der Waals surface area contributed by atoms with Gasteiger partial charge in [-0.25, -0.2) is 0 Å². The van der Waals surface area contributed by atoms with Gasteiger partial charge < -0.3 is 19.2 Å². The van der Waals surface area contributed by atoms with Crippen molar-refractivity contribution in [3.05, 3.63) is 59.1 Å². The molecule has 1 aromatic heterocycles. The highest BCUT2D eigenvalue weighted by atomic mass is 16.5. The van der Waals surface area contributed by atoms with Gasteiger partial charge >= 0.3 is 0 Å². The maximum absolute atomic E-state index is 13.0. The van der Waals surface area contributed by atoms with E-state index in [0.29, 0.717) is 22.8 Å². The molecule has 1 atom stereocenters. The number of carbonyl (C=O) groups is 2. The van der Waals surface area contributed by atoms with Crippen LogP contribution in [0.4, 0.5) is 0 Å². The van der Waals surface area contributed by atoms with Crippen LogP contribution in [-0.2, 0) is 9.59 Å². The van der Waals surface area contributed by atoms with Crippen molar-refractivity contribution in [2.24, 2.45) is 0 Å². The minimum Gasteiger partial charge on any atom is -0.507 e. The lowest BCUT2D eigenvalue weighted by molar-refractivity contribution is -0.141. The highest BCUT2D eigenvalue weighted by Gasteiger charge is 2.50. The van der Waals surface area contributed by atoms with Gasteiger partial charge in [-0.3, -0.25) is 9.59 Å². The first-order valence-corrected chi connectivity index (χ1v) is 10.5. The summed E-state index contributed by atoms with van der Waals surface area (Å²) in [6.45, 7) is 5.69. The zero-order valence-electron chi connectivity index (χ0n) is 17.6. The fourth-order valence-electron chi connectivity index (χ4n) is 4.41. The van der Waals surface area contributed by atoms with Gasteiger partial charge in [0, 0.05) is 11.6 Å². The normalized spacial score (nSPS) is 21.7. The second-order valence-corrected chi connectivity index (χ2v) is 8.28. The number of Topliss-reactive ketones (excluding diaryl/α,β-unsaturated/α-hetero) is 1. The van der Waals surface area contributed by atoms with Gasteiger partial charge in [-0.15, -0.1) is 0 Å². The van der Waals surface area contributed by atoms with Gasteiger partial charge in [0.2, 0.25) is 0 Å². The number of benzene rings is 1. The third-order valence-corrected chi connectivity index (χ3v) is 5.73. The van der Waals surface area contributed by atoms with E-state index in [4.69, 9.17) is 9.15 Å². The van der Waals surface area contributed by atoms with Crippen LogP contribution in [0.25, 0.3) is 5.76 Å². The van der Waals surface area contributed by atoms with Crippen LogP contribution in [0.3, 0.4) is 0 Å². The first-order valence-electron chi connectivity index (χ1n) is 10.5. The molecule has 1 N–H and O–H groups in total. The van der Waals surface area contributed by atoms with Crippen LogP contribution < -0.4 is 4.74 Å². The summed E-state index contributed by atoms with van der Waals surface area (Å²) < 4.78 is 11.5. The van der Waals surface area contributed by atoms with Gasteiger partial charge in [-0.2, -0.15) is 0 Å². The Bertz CT molecular complexity index is 979. The molecule has 158 valence electrons. The standard InChI is InChI=1S/C24H27NO5/c1-14(2)29-18-11-9-16(10-12-18)22(26)20-21(19-13-8-15(3)30-19)25(24(28)23(20)27)17-6-4-5-7-17/h8-14,17,21,26H,4-7H2,1-3H3/b22-20-. The summed E-state index contributed by atoms with van der Waals surface area (Å²) in [5.74, 6) is 0.440. The van der Waals surface area contributed by atoms with Gasteiger partial charge in [0.15, 0.2) is 0 Å². The van der Waals surface area contributed by atoms with E-state index in [9.17, 15) is 14.7 Å². The highest BCUT2D eigenvalue weighted by molar-refractivity contribution is 6.46. The number of aryl methyl sites for hydroxylation is 1. The van der Waals surface area contributed by atoms with E-state index < -0.39 is 17.7 Å². The minimum atomic E-state index is -0.714. The van der Waals surface area contributed by atoms with E-state index in [1.54, 1.807) is 35.2 Å². The molecule has 2 heterocycles. The molecule has 1 aromatic carbocycles. The van der Waals surface area contributed by atoms with Crippen molar-refractivity contribution in [1.82, 2.24) is 4.90 Å². The monoisotopic (exact) mass is 409 g/mol. The molecule has 0 spiro atoms. The number of rotatable bonds is 5. The molecule has 1 amide bonds. The molecule has 1 saturated carbocycles. The molecule has 1 aliphatic carbocycles. The molecule has 2 aliphatic rings. The molecule has 2 fully saturated rings. The largest absolute Gasteiger partial charge is 0.507 e. The van der Waals surface area contributed by atoms with Crippen LogP contribution in [0.15, 0.2) is 46.4 Å². The predicted octanol–water partition coefficient (Wildman–Crippen LogP) is 4.74. The number of aliphatic hydroxyl groups excluding tert-OH is 1. The second-order valence-electron chi connectivity index (χ2n) is 8.28. The number of amides is 1. The molecular formula is C24H27NO5. The zero-order valence-corrected chi connectivity index (χ0v) is 17.6. The number of furan rings is 1. The number of hydrogen-bond donors (Lipinski definition) is 1. The number of likely N-dealkylation sites (tertiary alicyclic amines) is 1. The molecule has 0 radical (unpaired) electrons.